The second-order valence-corrected chi connectivity index (χ2v) is 7.65. The summed E-state index contributed by atoms with van der Waals surface area (Å²) in [6.07, 6.45) is 4.51. The van der Waals surface area contributed by atoms with Gasteiger partial charge in [0.2, 0.25) is 0 Å². The van der Waals surface area contributed by atoms with Crippen LogP contribution in [0.1, 0.15) is 50.1 Å². The number of hydrogen-bond donors (Lipinski definition) is 0. The zero-order chi connectivity index (χ0) is 21.6. The average Bonchev–Trinajstić information content (AvgIpc) is 2.95. The predicted molar refractivity (Wildman–Crippen MR) is 110 cm³/mol. The number of carbonyl (C=O) groups is 2. The van der Waals surface area contributed by atoms with Crippen LogP contribution >= 0.6 is 0 Å². The fourth-order valence-corrected chi connectivity index (χ4v) is 3.99. The number of piperidine rings is 1. The van der Waals surface area contributed by atoms with Crippen LogP contribution in [-0.4, -0.2) is 53.8 Å². The Morgan fingerprint density at radius 2 is 1.93 bits per heavy atom. The maximum atomic E-state index is 12.5. The molecule has 0 saturated carbocycles. The van der Waals surface area contributed by atoms with E-state index in [1.807, 2.05) is 39.8 Å². The number of methoxy groups -OCH3 is 1. The van der Waals surface area contributed by atoms with Crippen molar-refractivity contribution in [2.24, 2.45) is 0 Å². The number of amides is 1. The summed E-state index contributed by atoms with van der Waals surface area (Å²) in [7, 11) is 1.64. The first-order chi connectivity index (χ1) is 13.8. The quantitative estimate of drug-likeness (QED) is 0.398. The molecule has 1 aromatic heterocycles. The van der Waals surface area contributed by atoms with Crippen molar-refractivity contribution in [1.29, 1.82) is 5.26 Å². The van der Waals surface area contributed by atoms with Gasteiger partial charge in [-0.25, -0.2) is 4.79 Å². The van der Waals surface area contributed by atoms with Gasteiger partial charge in [-0.1, -0.05) is 0 Å². The van der Waals surface area contributed by atoms with Gasteiger partial charge >= 0.3 is 5.97 Å². The lowest BCUT2D eigenvalue weighted by Crippen LogP contribution is -2.49. The maximum absolute atomic E-state index is 12.5. The number of ether oxygens (including phenoxy) is 2. The third-order valence-corrected chi connectivity index (χ3v) is 5.58. The molecule has 29 heavy (non-hydrogen) atoms. The summed E-state index contributed by atoms with van der Waals surface area (Å²) in [4.78, 5) is 26.7. The minimum atomic E-state index is -0.778. The fraction of sp³-hybridized carbons (Fsp3) is 0.591. The summed E-state index contributed by atoms with van der Waals surface area (Å²) in [5, 5.41) is 9.42. The van der Waals surface area contributed by atoms with Gasteiger partial charge in [-0.05, 0) is 64.7 Å². The van der Waals surface area contributed by atoms with Crippen LogP contribution in [0.2, 0.25) is 0 Å². The highest BCUT2D eigenvalue weighted by molar-refractivity contribution is 5.99. The van der Waals surface area contributed by atoms with Gasteiger partial charge in [-0.2, -0.15) is 5.26 Å². The van der Waals surface area contributed by atoms with E-state index < -0.39 is 5.97 Å². The van der Waals surface area contributed by atoms with Crippen molar-refractivity contribution < 1.29 is 19.1 Å². The van der Waals surface area contributed by atoms with Crippen LogP contribution in [0.15, 0.2) is 11.6 Å². The van der Waals surface area contributed by atoms with Crippen molar-refractivity contribution in [3.05, 3.63) is 28.6 Å². The Bertz CT molecular complexity index is 809. The first-order valence-electron chi connectivity index (χ1n) is 10.1. The van der Waals surface area contributed by atoms with Crippen molar-refractivity contribution in [3.8, 4) is 6.07 Å². The Labute approximate surface area is 172 Å². The third kappa shape index (κ3) is 5.48. The summed E-state index contributed by atoms with van der Waals surface area (Å²) in [5.74, 6) is -0.993. The number of aryl methyl sites for hydroxylation is 1. The van der Waals surface area contributed by atoms with E-state index in [-0.39, 0.29) is 30.2 Å². The Kier molecular flexibility index (Phi) is 8.03. The lowest BCUT2D eigenvalue weighted by atomic mass is 9.97. The second kappa shape index (κ2) is 10.3. The van der Waals surface area contributed by atoms with Crippen molar-refractivity contribution >= 4 is 18.0 Å². The number of likely N-dealkylation sites (tertiary alicyclic amines) is 1. The van der Waals surface area contributed by atoms with Crippen LogP contribution in [0.4, 0.5) is 0 Å². The molecule has 1 aliphatic rings. The number of rotatable bonds is 7. The number of carbonyl (C=O) groups excluding carboxylic acids is 2. The molecule has 1 saturated heterocycles. The lowest BCUT2D eigenvalue weighted by Gasteiger charge is -2.38. The summed E-state index contributed by atoms with van der Waals surface area (Å²) in [5.41, 5.74) is 2.60. The Morgan fingerprint density at radius 1 is 1.28 bits per heavy atom. The number of esters is 1. The molecule has 1 amide bonds. The Balaban J connectivity index is 2.07. The average molecular weight is 402 g/mol. The van der Waals surface area contributed by atoms with Crippen LogP contribution < -0.4 is 0 Å². The zero-order valence-corrected chi connectivity index (χ0v) is 18.0. The SMILES string of the molecule is COCCn1c(C)cc(/C=C(\C#N)C(=O)OCC(=O)N2C(C)CCCC2C)c1C. The van der Waals surface area contributed by atoms with E-state index in [1.165, 1.54) is 6.08 Å². The molecule has 158 valence electrons. The van der Waals surface area contributed by atoms with Crippen molar-refractivity contribution in [1.82, 2.24) is 9.47 Å². The standard InChI is InChI=1S/C22H31N3O4/c1-15-7-6-8-16(2)25(15)21(26)14-29-22(27)20(13-23)12-19-11-17(3)24(18(19)4)9-10-28-5/h11-12,15-16H,6-10,14H2,1-5H3/b20-12+. The normalized spacial score (nSPS) is 19.7. The van der Waals surface area contributed by atoms with Gasteiger partial charge in [0.1, 0.15) is 11.6 Å². The molecular weight excluding hydrogens is 370 g/mol. The van der Waals surface area contributed by atoms with Crippen molar-refractivity contribution in [2.45, 2.75) is 65.6 Å². The van der Waals surface area contributed by atoms with E-state index in [9.17, 15) is 14.9 Å². The van der Waals surface area contributed by atoms with E-state index in [2.05, 4.69) is 4.57 Å². The monoisotopic (exact) mass is 401 g/mol. The maximum Gasteiger partial charge on any atom is 0.349 e. The van der Waals surface area contributed by atoms with E-state index in [4.69, 9.17) is 9.47 Å². The Morgan fingerprint density at radius 3 is 2.52 bits per heavy atom. The smallest absolute Gasteiger partial charge is 0.349 e. The molecule has 1 aromatic rings. The molecule has 1 aliphatic heterocycles. The minimum absolute atomic E-state index is 0.121. The number of nitrogens with zero attached hydrogens (tertiary/aromatic N) is 3. The molecule has 0 N–H and O–H groups in total. The fourth-order valence-electron chi connectivity index (χ4n) is 3.99. The molecule has 7 nitrogen and oxygen atoms in total. The lowest BCUT2D eigenvalue weighted by molar-refractivity contribution is -0.151. The number of nitriles is 1. The van der Waals surface area contributed by atoms with Gasteiger partial charge in [0.15, 0.2) is 6.61 Å². The summed E-state index contributed by atoms with van der Waals surface area (Å²) in [6, 6.07) is 4.08. The number of hydrogen-bond acceptors (Lipinski definition) is 5. The van der Waals surface area contributed by atoms with Crippen LogP contribution in [-0.2, 0) is 25.6 Å². The molecule has 7 heteroatoms. The van der Waals surface area contributed by atoms with Gasteiger partial charge in [-0.3, -0.25) is 4.79 Å². The second-order valence-electron chi connectivity index (χ2n) is 7.65. The number of aromatic nitrogens is 1. The first-order valence-corrected chi connectivity index (χ1v) is 10.1. The summed E-state index contributed by atoms with van der Waals surface area (Å²) >= 11 is 0. The van der Waals surface area contributed by atoms with Crippen LogP contribution in [0.25, 0.3) is 6.08 Å². The molecular formula is C22H31N3O4. The molecule has 1 fully saturated rings. The van der Waals surface area contributed by atoms with Crippen LogP contribution in [0, 0.1) is 25.2 Å². The van der Waals surface area contributed by atoms with Crippen molar-refractivity contribution in [3.63, 3.8) is 0 Å². The summed E-state index contributed by atoms with van der Waals surface area (Å²) in [6.45, 7) is 8.82. The molecule has 2 atom stereocenters. The van der Waals surface area contributed by atoms with Crippen LogP contribution in [0.5, 0.6) is 0 Å². The molecule has 2 heterocycles. The predicted octanol–water partition coefficient (Wildman–Crippen LogP) is 2.99. The first kappa shape index (κ1) is 22.7. The molecule has 0 aromatic carbocycles. The van der Waals surface area contributed by atoms with Gasteiger partial charge in [0.25, 0.3) is 5.91 Å². The van der Waals surface area contributed by atoms with Gasteiger partial charge < -0.3 is 18.9 Å². The van der Waals surface area contributed by atoms with Gasteiger partial charge in [0.05, 0.1) is 6.61 Å². The van der Waals surface area contributed by atoms with Crippen LogP contribution in [0.3, 0.4) is 0 Å². The molecule has 0 radical (unpaired) electrons. The van der Waals surface area contributed by atoms with Gasteiger partial charge in [-0.15, -0.1) is 0 Å². The highest BCUT2D eigenvalue weighted by Crippen LogP contribution is 2.23. The topological polar surface area (TPSA) is 84.6 Å². The van der Waals surface area contributed by atoms with E-state index in [0.29, 0.717) is 13.2 Å². The molecule has 2 rings (SSSR count). The van der Waals surface area contributed by atoms with E-state index >= 15 is 0 Å². The Hall–Kier alpha value is -2.59. The molecule has 2 unspecified atom stereocenters. The van der Waals surface area contributed by atoms with Gasteiger partial charge in [0, 0.05) is 37.1 Å². The minimum Gasteiger partial charge on any atom is -0.451 e. The van der Waals surface area contributed by atoms with E-state index in [1.54, 1.807) is 12.0 Å². The summed E-state index contributed by atoms with van der Waals surface area (Å²) < 4.78 is 12.4. The third-order valence-electron chi connectivity index (χ3n) is 5.58. The molecule has 0 bridgehead atoms. The molecule has 0 spiro atoms. The largest absolute Gasteiger partial charge is 0.451 e. The van der Waals surface area contributed by atoms with Crippen molar-refractivity contribution in [2.75, 3.05) is 20.3 Å². The zero-order valence-electron chi connectivity index (χ0n) is 18.0. The highest BCUT2D eigenvalue weighted by atomic mass is 16.5. The molecule has 0 aliphatic carbocycles. The van der Waals surface area contributed by atoms with E-state index in [0.717, 1.165) is 36.2 Å². The highest BCUT2D eigenvalue weighted by Gasteiger charge is 2.29.